The molecule has 0 aliphatic carbocycles. The first-order valence-corrected chi connectivity index (χ1v) is 12.1. The van der Waals surface area contributed by atoms with Gasteiger partial charge in [0.05, 0.1) is 29.9 Å². The Morgan fingerprint density at radius 3 is 2.52 bits per heavy atom. The fourth-order valence-corrected chi connectivity index (χ4v) is 4.41. The Morgan fingerprint density at radius 1 is 1.00 bits per heavy atom. The number of unbranched alkanes of at least 4 members (excludes halogenated alkanes) is 6. The molecular formula is C27H39N3O. The second-order valence-corrected chi connectivity index (χ2v) is 8.57. The Balaban J connectivity index is 1.72. The van der Waals surface area contributed by atoms with Gasteiger partial charge < -0.3 is 14.7 Å². The third-order valence-corrected chi connectivity index (χ3v) is 6.21. The van der Waals surface area contributed by atoms with Crippen molar-refractivity contribution in [2.24, 2.45) is 10.9 Å². The zero-order chi connectivity index (χ0) is 21.9. The molecule has 0 radical (unpaired) electrons. The van der Waals surface area contributed by atoms with Gasteiger partial charge in [-0.3, -0.25) is 4.99 Å². The van der Waals surface area contributed by atoms with Gasteiger partial charge in [0.25, 0.3) is 0 Å². The van der Waals surface area contributed by atoms with Crippen molar-refractivity contribution in [2.45, 2.75) is 78.1 Å². The Labute approximate surface area is 187 Å². The molecule has 0 fully saturated rings. The van der Waals surface area contributed by atoms with Crippen LogP contribution in [0.1, 0.15) is 83.7 Å². The molecule has 0 saturated carbocycles. The number of nitrogens with one attached hydrogen (secondary N) is 2. The van der Waals surface area contributed by atoms with E-state index < -0.39 is 0 Å². The molecule has 4 heteroatoms. The Bertz CT molecular complexity index is 870. The highest BCUT2D eigenvalue weighted by Gasteiger charge is 2.20. The fraction of sp³-hybridized carbons (Fsp3) is 0.519. The molecule has 0 aromatic carbocycles. The van der Waals surface area contributed by atoms with Crippen molar-refractivity contribution in [2.75, 3.05) is 7.11 Å². The minimum absolute atomic E-state index is 0.587. The molecule has 3 rings (SSSR count). The van der Waals surface area contributed by atoms with Crippen LogP contribution in [0, 0.1) is 5.92 Å². The van der Waals surface area contributed by atoms with Crippen LogP contribution in [-0.2, 0) is 0 Å². The number of aliphatic imine (C=N–C) groups is 1. The van der Waals surface area contributed by atoms with Crippen molar-refractivity contribution in [3.8, 4) is 17.1 Å². The summed E-state index contributed by atoms with van der Waals surface area (Å²) in [5.74, 6) is 1.43. The van der Waals surface area contributed by atoms with E-state index in [9.17, 15) is 0 Å². The van der Waals surface area contributed by atoms with Crippen molar-refractivity contribution in [3.05, 3.63) is 47.4 Å². The minimum Gasteiger partial charge on any atom is -0.494 e. The van der Waals surface area contributed by atoms with E-state index in [2.05, 4.69) is 42.0 Å². The van der Waals surface area contributed by atoms with Crippen LogP contribution >= 0.6 is 0 Å². The Morgan fingerprint density at radius 2 is 1.77 bits per heavy atom. The predicted octanol–water partition coefficient (Wildman–Crippen LogP) is 7.93. The maximum atomic E-state index is 5.65. The van der Waals surface area contributed by atoms with Gasteiger partial charge in [0, 0.05) is 18.5 Å². The highest BCUT2D eigenvalue weighted by Crippen LogP contribution is 2.35. The summed E-state index contributed by atoms with van der Waals surface area (Å²) in [4.78, 5) is 11.5. The van der Waals surface area contributed by atoms with Crippen LogP contribution in [0.15, 0.2) is 46.7 Å². The standard InChI is InChI=1S/C27H39N3O/c1-4-6-8-9-10-11-14-21(13-7-5-2)22-16-18-29-24(22)19-26-27(31-3)20-25(30-26)23-15-12-17-28-23/h12,15-21,28,30H,4-11,13-14H2,1-3H3. The lowest BCUT2D eigenvalue weighted by Gasteiger charge is -2.19. The molecule has 2 aromatic rings. The van der Waals surface area contributed by atoms with E-state index in [4.69, 9.17) is 9.73 Å². The van der Waals surface area contributed by atoms with Gasteiger partial charge in [-0.15, -0.1) is 0 Å². The smallest absolute Gasteiger partial charge is 0.144 e. The summed E-state index contributed by atoms with van der Waals surface area (Å²) in [5.41, 5.74) is 5.51. The van der Waals surface area contributed by atoms with Crippen molar-refractivity contribution >= 4 is 12.3 Å². The van der Waals surface area contributed by atoms with Crippen molar-refractivity contribution in [1.82, 2.24) is 9.97 Å². The van der Waals surface area contributed by atoms with Crippen LogP contribution in [0.3, 0.4) is 0 Å². The molecule has 0 saturated heterocycles. The van der Waals surface area contributed by atoms with Gasteiger partial charge >= 0.3 is 0 Å². The summed E-state index contributed by atoms with van der Waals surface area (Å²) >= 11 is 0. The van der Waals surface area contributed by atoms with Gasteiger partial charge in [0.1, 0.15) is 5.75 Å². The molecule has 1 unspecified atom stereocenters. The largest absolute Gasteiger partial charge is 0.494 e. The summed E-state index contributed by atoms with van der Waals surface area (Å²) in [6.45, 7) is 4.56. The summed E-state index contributed by atoms with van der Waals surface area (Å²) in [6.07, 6.45) is 21.4. The first-order valence-electron chi connectivity index (χ1n) is 12.1. The highest BCUT2D eigenvalue weighted by atomic mass is 16.5. The van der Waals surface area contributed by atoms with Crippen LogP contribution < -0.4 is 4.74 Å². The minimum atomic E-state index is 0.587. The number of hydrogen-bond donors (Lipinski definition) is 2. The molecule has 2 N–H and O–H groups in total. The zero-order valence-electron chi connectivity index (χ0n) is 19.5. The van der Waals surface area contributed by atoms with Gasteiger partial charge in [-0.05, 0) is 48.6 Å². The van der Waals surface area contributed by atoms with Gasteiger partial charge in [0.2, 0.25) is 0 Å². The number of methoxy groups -OCH3 is 1. The number of rotatable bonds is 14. The van der Waals surface area contributed by atoms with Crippen molar-refractivity contribution < 1.29 is 4.74 Å². The number of aromatic amines is 2. The normalized spacial score (nSPS) is 15.6. The van der Waals surface area contributed by atoms with Crippen LogP contribution in [0.4, 0.5) is 0 Å². The van der Waals surface area contributed by atoms with E-state index in [0.29, 0.717) is 5.92 Å². The van der Waals surface area contributed by atoms with Gasteiger partial charge in [-0.25, -0.2) is 0 Å². The van der Waals surface area contributed by atoms with Crippen LogP contribution in [-0.4, -0.2) is 23.3 Å². The van der Waals surface area contributed by atoms with Crippen LogP contribution in [0.25, 0.3) is 17.5 Å². The lowest BCUT2D eigenvalue weighted by atomic mass is 9.86. The predicted molar refractivity (Wildman–Crippen MR) is 133 cm³/mol. The molecule has 2 aromatic heterocycles. The monoisotopic (exact) mass is 421 g/mol. The molecule has 31 heavy (non-hydrogen) atoms. The molecule has 1 aliphatic heterocycles. The van der Waals surface area contributed by atoms with E-state index in [-0.39, 0.29) is 0 Å². The Hall–Kier alpha value is -2.49. The number of aromatic nitrogens is 2. The third kappa shape index (κ3) is 6.49. The van der Waals surface area contributed by atoms with E-state index in [1.165, 1.54) is 69.8 Å². The molecular weight excluding hydrogens is 382 g/mol. The summed E-state index contributed by atoms with van der Waals surface area (Å²) < 4.78 is 5.65. The topological polar surface area (TPSA) is 53.2 Å². The van der Waals surface area contributed by atoms with E-state index in [1.54, 1.807) is 7.11 Å². The average molecular weight is 422 g/mol. The SMILES string of the molecule is CCCCCCCCC(CCCC)C1=CC=NC1=Cc1[nH]c(-c2ccc[nH]2)cc1OC. The molecule has 168 valence electrons. The number of allylic oxidation sites excluding steroid dienone is 2. The Kier molecular flexibility index (Phi) is 9.26. The highest BCUT2D eigenvalue weighted by molar-refractivity contribution is 5.83. The maximum absolute atomic E-state index is 5.65. The number of ether oxygens (including phenoxy) is 1. The maximum Gasteiger partial charge on any atom is 0.144 e. The third-order valence-electron chi connectivity index (χ3n) is 6.21. The zero-order valence-corrected chi connectivity index (χ0v) is 19.5. The summed E-state index contributed by atoms with van der Waals surface area (Å²) in [6, 6.07) is 6.11. The first-order chi connectivity index (χ1) is 15.3. The van der Waals surface area contributed by atoms with Gasteiger partial charge in [0.15, 0.2) is 0 Å². The van der Waals surface area contributed by atoms with Gasteiger partial charge in [-0.2, -0.15) is 0 Å². The van der Waals surface area contributed by atoms with Crippen LogP contribution in [0.5, 0.6) is 5.75 Å². The molecule has 4 nitrogen and oxygen atoms in total. The average Bonchev–Trinajstić information content (AvgIpc) is 3.54. The summed E-state index contributed by atoms with van der Waals surface area (Å²) in [5, 5.41) is 0. The first kappa shape index (κ1) is 23.2. The lowest BCUT2D eigenvalue weighted by Crippen LogP contribution is -2.05. The molecule has 0 amide bonds. The molecule has 1 aliphatic rings. The van der Waals surface area contributed by atoms with Crippen molar-refractivity contribution in [1.29, 1.82) is 0 Å². The second kappa shape index (κ2) is 12.4. The van der Waals surface area contributed by atoms with Gasteiger partial charge in [-0.1, -0.05) is 65.2 Å². The van der Waals surface area contributed by atoms with E-state index >= 15 is 0 Å². The van der Waals surface area contributed by atoms with Crippen molar-refractivity contribution in [3.63, 3.8) is 0 Å². The molecule has 0 spiro atoms. The number of hydrogen-bond acceptors (Lipinski definition) is 2. The quantitative estimate of drug-likeness (QED) is 0.299. The number of H-pyrrole nitrogens is 2. The van der Waals surface area contributed by atoms with Crippen LogP contribution in [0.2, 0.25) is 0 Å². The molecule has 1 atom stereocenters. The summed E-state index contributed by atoms with van der Waals surface area (Å²) in [7, 11) is 1.72. The van der Waals surface area contributed by atoms with E-state index in [1.807, 2.05) is 24.5 Å². The van der Waals surface area contributed by atoms with E-state index in [0.717, 1.165) is 28.5 Å². The molecule has 0 bridgehead atoms. The number of nitrogens with zero attached hydrogens (tertiary/aromatic N) is 1. The second-order valence-electron chi connectivity index (χ2n) is 8.57. The lowest BCUT2D eigenvalue weighted by molar-refractivity contribution is 0.414. The fourth-order valence-electron chi connectivity index (χ4n) is 4.41. The molecule has 3 heterocycles.